The van der Waals surface area contributed by atoms with E-state index in [0.717, 1.165) is 11.0 Å². The molecule has 0 radical (unpaired) electrons. The lowest BCUT2D eigenvalue weighted by Crippen LogP contribution is -2.07. The second-order valence-corrected chi connectivity index (χ2v) is 4.11. The van der Waals surface area contributed by atoms with E-state index >= 15 is 0 Å². The predicted octanol–water partition coefficient (Wildman–Crippen LogP) is 1.03. The fourth-order valence-electron chi connectivity index (χ4n) is 1.93. The molecule has 1 N–H and O–H groups in total. The molecule has 2 heterocycles. The molecule has 96 valence electrons. The average Bonchev–Trinajstić information content (AvgIpc) is 3.05. The first kappa shape index (κ1) is 11.4. The number of aromatic carboxylic acids is 1. The molecule has 0 saturated carbocycles. The highest BCUT2D eigenvalue weighted by Gasteiger charge is 2.08. The Morgan fingerprint density at radius 2 is 2.21 bits per heavy atom. The van der Waals surface area contributed by atoms with E-state index in [1.165, 1.54) is 0 Å². The second kappa shape index (κ2) is 4.52. The highest BCUT2D eigenvalue weighted by atomic mass is 16.4. The van der Waals surface area contributed by atoms with Crippen LogP contribution in [0.2, 0.25) is 0 Å². The van der Waals surface area contributed by atoms with Crippen molar-refractivity contribution in [1.82, 2.24) is 24.5 Å². The van der Waals surface area contributed by atoms with Crippen molar-refractivity contribution in [2.24, 2.45) is 0 Å². The van der Waals surface area contributed by atoms with Gasteiger partial charge in [-0.2, -0.15) is 0 Å². The van der Waals surface area contributed by atoms with Gasteiger partial charge in [0.2, 0.25) is 0 Å². The number of nitrogens with zero attached hydrogens (tertiary/aromatic N) is 5. The zero-order chi connectivity index (χ0) is 13.2. The number of carboxylic acids is 1. The summed E-state index contributed by atoms with van der Waals surface area (Å²) in [5.74, 6) is -0.939. The minimum absolute atomic E-state index is 0.259. The topological polar surface area (TPSA) is 85.8 Å². The number of imidazole rings is 1. The number of hydrogen-bond acceptors (Lipinski definition) is 4. The van der Waals surface area contributed by atoms with Gasteiger partial charge in [-0.1, -0.05) is 5.21 Å². The second-order valence-electron chi connectivity index (χ2n) is 4.11. The summed E-state index contributed by atoms with van der Waals surface area (Å²) in [4.78, 5) is 15.2. The lowest BCUT2D eigenvalue weighted by molar-refractivity contribution is 0.0697. The molecular formula is C12H11N5O2. The quantitative estimate of drug-likeness (QED) is 0.754. The Labute approximate surface area is 108 Å². The fraction of sp³-hybridized carbons (Fsp3) is 0.167. The molecule has 2 aromatic heterocycles. The Morgan fingerprint density at radius 1 is 1.32 bits per heavy atom. The van der Waals surface area contributed by atoms with Crippen LogP contribution in [-0.2, 0) is 13.1 Å². The van der Waals surface area contributed by atoms with Gasteiger partial charge >= 0.3 is 5.97 Å². The Morgan fingerprint density at radius 3 is 2.95 bits per heavy atom. The van der Waals surface area contributed by atoms with E-state index in [2.05, 4.69) is 15.3 Å². The van der Waals surface area contributed by atoms with Crippen molar-refractivity contribution >= 4 is 17.0 Å². The van der Waals surface area contributed by atoms with Gasteiger partial charge in [0.25, 0.3) is 0 Å². The number of carboxylic acid groups (broad SMARTS) is 1. The molecule has 3 rings (SSSR count). The van der Waals surface area contributed by atoms with E-state index in [1.54, 1.807) is 41.6 Å². The van der Waals surface area contributed by atoms with E-state index in [1.807, 2.05) is 4.57 Å². The third-order valence-electron chi connectivity index (χ3n) is 2.91. The fourth-order valence-corrected chi connectivity index (χ4v) is 1.93. The monoisotopic (exact) mass is 257 g/mol. The lowest BCUT2D eigenvalue weighted by atomic mass is 10.2. The van der Waals surface area contributed by atoms with Gasteiger partial charge < -0.3 is 9.67 Å². The summed E-state index contributed by atoms with van der Waals surface area (Å²) in [6.07, 6.45) is 5.10. The molecule has 0 fully saturated rings. The normalized spacial score (nSPS) is 10.9. The van der Waals surface area contributed by atoms with Gasteiger partial charge in [-0.3, -0.25) is 4.68 Å². The number of fused-ring (bicyclic) bond motifs is 1. The van der Waals surface area contributed by atoms with Crippen molar-refractivity contribution < 1.29 is 9.90 Å². The molecule has 7 heteroatoms. The first-order chi connectivity index (χ1) is 9.24. The van der Waals surface area contributed by atoms with Crippen molar-refractivity contribution in [3.05, 3.63) is 42.5 Å². The smallest absolute Gasteiger partial charge is 0.335 e. The average molecular weight is 257 g/mol. The number of aryl methyl sites for hydroxylation is 2. The summed E-state index contributed by atoms with van der Waals surface area (Å²) in [6, 6.07) is 4.90. The van der Waals surface area contributed by atoms with Gasteiger partial charge in [-0.05, 0) is 18.2 Å². The number of hydrogen-bond donors (Lipinski definition) is 1. The maximum Gasteiger partial charge on any atom is 0.335 e. The molecule has 0 aliphatic rings. The van der Waals surface area contributed by atoms with Crippen molar-refractivity contribution in [1.29, 1.82) is 0 Å². The standard InChI is InChI=1S/C12H11N5O2/c18-12(19)9-1-2-10-11(7-9)16(8-13-10)5-6-17-4-3-14-15-17/h1-4,7-8H,5-6H2,(H,18,19). The highest BCUT2D eigenvalue weighted by molar-refractivity contribution is 5.92. The lowest BCUT2D eigenvalue weighted by Gasteiger charge is -2.04. The third kappa shape index (κ3) is 2.17. The van der Waals surface area contributed by atoms with Crippen LogP contribution in [0.3, 0.4) is 0 Å². The van der Waals surface area contributed by atoms with Crippen LogP contribution in [-0.4, -0.2) is 35.6 Å². The van der Waals surface area contributed by atoms with Gasteiger partial charge in [0.15, 0.2) is 0 Å². The Bertz CT molecular complexity index is 717. The maximum atomic E-state index is 11.0. The van der Waals surface area contributed by atoms with Gasteiger partial charge in [0.1, 0.15) is 0 Å². The molecule has 0 unspecified atom stereocenters. The first-order valence-electron chi connectivity index (χ1n) is 5.76. The Kier molecular flexibility index (Phi) is 2.71. The molecule has 0 aliphatic carbocycles. The third-order valence-corrected chi connectivity index (χ3v) is 2.91. The van der Waals surface area contributed by atoms with Crippen LogP contribution >= 0.6 is 0 Å². The number of benzene rings is 1. The molecule has 19 heavy (non-hydrogen) atoms. The van der Waals surface area contributed by atoms with Crippen LogP contribution < -0.4 is 0 Å². The SMILES string of the molecule is O=C(O)c1ccc2ncn(CCn3ccnn3)c2c1. The molecule has 1 aromatic carbocycles. The zero-order valence-electron chi connectivity index (χ0n) is 9.97. The van der Waals surface area contributed by atoms with E-state index in [-0.39, 0.29) is 5.56 Å². The minimum Gasteiger partial charge on any atom is -0.478 e. The summed E-state index contributed by atoms with van der Waals surface area (Å²) >= 11 is 0. The van der Waals surface area contributed by atoms with Crippen molar-refractivity contribution in [3.63, 3.8) is 0 Å². The van der Waals surface area contributed by atoms with Gasteiger partial charge in [-0.15, -0.1) is 5.10 Å². The summed E-state index contributed by atoms with van der Waals surface area (Å²) in [6.45, 7) is 1.31. The van der Waals surface area contributed by atoms with Crippen molar-refractivity contribution in [3.8, 4) is 0 Å². The van der Waals surface area contributed by atoms with E-state index in [4.69, 9.17) is 5.11 Å². The van der Waals surface area contributed by atoms with Crippen LogP contribution in [0.15, 0.2) is 36.9 Å². The number of aromatic nitrogens is 5. The Balaban J connectivity index is 1.90. The molecule has 0 atom stereocenters. The summed E-state index contributed by atoms with van der Waals surface area (Å²) in [7, 11) is 0. The molecule has 0 aliphatic heterocycles. The van der Waals surface area contributed by atoms with Crippen LogP contribution in [0.25, 0.3) is 11.0 Å². The Hall–Kier alpha value is -2.70. The van der Waals surface area contributed by atoms with Crippen LogP contribution in [0.4, 0.5) is 0 Å². The van der Waals surface area contributed by atoms with Crippen LogP contribution in [0.5, 0.6) is 0 Å². The number of rotatable bonds is 4. The summed E-state index contributed by atoms with van der Waals surface area (Å²) in [5, 5.41) is 16.6. The van der Waals surface area contributed by atoms with Gasteiger partial charge in [0, 0.05) is 12.7 Å². The molecule has 0 saturated heterocycles. The summed E-state index contributed by atoms with van der Waals surface area (Å²) in [5.41, 5.74) is 1.85. The van der Waals surface area contributed by atoms with Gasteiger partial charge in [0.05, 0.1) is 35.7 Å². The largest absolute Gasteiger partial charge is 0.478 e. The minimum atomic E-state index is -0.939. The van der Waals surface area contributed by atoms with E-state index in [9.17, 15) is 4.79 Å². The highest BCUT2D eigenvalue weighted by Crippen LogP contribution is 2.15. The molecule has 3 aromatic rings. The van der Waals surface area contributed by atoms with Gasteiger partial charge in [-0.25, -0.2) is 9.78 Å². The number of carbonyl (C=O) groups is 1. The van der Waals surface area contributed by atoms with E-state index in [0.29, 0.717) is 13.1 Å². The van der Waals surface area contributed by atoms with E-state index < -0.39 is 5.97 Å². The molecular weight excluding hydrogens is 246 g/mol. The van der Waals surface area contributed by atoms with Crippen molar-refractivity contribution in [2.45, 2.75) is 13.1 Å². The zero-order valence-corrected chi connectivity index (χ0v) is 9.97. The first-order valence-corrected chi connectivity index (χ1v) is 5.76. The predicted molar refractivity (Wildman–Crippen MR) is 66.7 cm³/mol. The molecule has 0 amide bonds. The molecule has 7 nitrogen and oxygen atoms in total. The molecule has 0 spiro atoms. The summed E-state index contributed by atoms with van der Waals surface area (Å²) < 4.78 is 3.62. The molecule has 0 bridgehead atoms. The van der Waals surface area contributed by atoms with Crippen molar-refractivity contribution in [2.75, 3.05) is 0 Å². The van der Waals surface area contributed by atoms with Crippen LogP contribution in [0.1, 0.15) is 10.4 Å². The maximum absolute atomic E-state index is 11.0. The van der Waals surface area contributed by atoms with Crippen LogP contribution in [0, 0.1) is 0 Å².